The van der Waals surface area contributed by atoms with E-state index in [0.29, 0.717) is 12.5 Å². The third-order valence-corrected chi connectivity index (χ3v) is 3.51. The lowest BCUT2D eigenvalue weighted by atomic mass is 10.0. The van der Waals surface area contributed by atoms with Crippen LogP contribution in [0.25, 0.3) is 0 Å². The summed E-state index contributed by atoms with van der Waals surface area (Å²) in [5.41, 5.74) is 6.77. The van der Waals surface area contributed by atoms with E-state index < -0.39 is 0 Å². The number of hydrogen-bond acceptors (Lipinski definition) is 3. The van der Waals surface area contributed by atoms with E-state index >= 15 is 0 Å². The molecule has 0 spiro atoms. The quantitative estimate of drug-likeness (QED) is 0.892. The Hall–Kier alpha value is -0.970. The molecule has 0 amide bonds. The second kappa shape index (κ2) is 6.98. The Balaban J connectivity index is 1.96. The maximum absolute atomic E-state index is 13.3. The van der Waals surface area contributed by atoms with Gasteiger partial charge in [0, 0.05) is 19.3 Å². The highest BCUT2D eigenvalue weighted by molar-refractivity contribution is 5.20. The first-order chi connectivity index (χ1) is 9.16. The third kappa shape index (κ3) is 4.27. The average molecular weight is 267 g/mol. The molecule has 1 aliphatic heterocycles. The Morgan fingerprint density at radius 2 is 2.16 bits per heavy atom. The molecule has 0 radical (unpaired) electrons. The molecular formula is C15H22FNO2. The minimum atomic E-state index is -0.252. The van der Waals surface area contributed by atoms with E-state index in [1.54, 1.807) is 6.07 Å². The molecule has 0 saturated carbocycles. The molecule has 2 rings (SSSR count). The lowest BCUT2D eigenvalue weighted by molar-refractivity contribution is -0.0188. The van der Waals surface area contributed by atoms with E-state index in [2.05, 4.69) is 0 Å². The molecule has 3 nitrogen and oxygen atoms in total. The van der Waals surface area contributed by atoms with Crippen LogP contribution < -0.4 is 5.73 Å². The molecule has 0 aliphatic carbocycles. The molecule has 1 aliphatic rings. The fraction of sp³-hybridized carbons (Fsp3) is 0.600. The van der Waals surface area contributed by atoms with Crippen molar-refractivity contribution in [2.75, 3.05) is 19.8 Å². The Morgan fingerprint density at radius 1 is 1.42 bits per heavy atom. The van der Waals surface area contributed by atoms with Gasteiger partial charge in [0.15, 0.2) is 0 Å². The van der Waals surface area contributed by atoms with Crippen molar-refractivity contribution in [3.63, 3.8) is 0 Å². The van der Waals surface area contributed by atoms with Crippen LogP contribution in [-0.2, 0) is 9.47 Å². The molecule has 1 fully saturated rings. The summed E-state index contributed by atoms with van der Waals surface area (Å²) in [4.78, 5) is 0. The lowest BCUT2D eigenvalue weighted by Crippen LogP contribution is -2.30. The van der Waals surface area contributed by atoms with Crippen LogP contribution in [-0.4, -0.2) is 25.9 Å². The minimum absolute atomic E-state index is 0.165. The van der Waals surface area contributed by atoms with Crippen molar-refractivity contribution in [1.29, 1.82) is 0 Å². The zero-order valence-corrected chi connectivity index (χ0v) is 11.3. The maximum atomic E-state index is 13.3. The minimum Gasteiger partial charge on any atom is -0.381 e. The molecule has 1 aromatic carbocycles. The molecule has 1 saturated heterocycles. The van der Waals surface area contributed by atoms with Gasteiger partial charge in [0.05, 0.1) is 12.7 Å². The first-order valence-corrected chi connectivity index (χ1v) is 6.87. The summed E-state index contributed by atoms with van der Waals surface area (Å²) in [6.45, 7) is 4.15. The molecule has 1 aromatic rings. The summed E-state index contributed by atoms with van der Waals surface area (Å²) >= 11 is 0. The third-order valence-electron chi connectivity index (χ3n) is 3.51. The molecule has 1 heterocycles. The highest BCUT2D eigenvalue weighted by atomic mass is 19.1. The van der Waals surface area contributed by atoms with Gasteiger partial charge in [-0.3, -0.25) is 0 Å². The molecule has 2 atom stereocenters. The van der Waals surface area contributed by atoms with Crippen LogP contribution in [0.15, 0.2) is 24.3 Å². The highest BCUT2D eigenvalue weighted by Gasteiger charge is 2.21. The molecule has 0 bridgehead atoms. The highest BCUT2D eigenvalue weighted by Crippen LogP contribution is 2.24. The van der Waals surface area contributed by atoms with Crippen LogP contribution in [0.2, 0.25) is 0 Å². The number of halogens is 1. The zero-order chi connectivity index (χ0) is 13.7. The standard InChI is InChI=1S/C15H22FNO2/c1-11(17)15(13-3-2-4-14(16)9-13)19-10-12-5-7-18-8-6-12/h2-4,9,11-12,15H,5-8,10,17H2,1H3. The van der Waals surface area contributed by atoms with Crippen molar-refractivity contribution in [3.8, 4) is 0 Å². The number of nitrogens with two attached hydrogens (primary N) is 1. The number of benzene rings is 1. The van der Waals surface area contributed by atoms with Crippen LogP contribution >= 0.6 is 0 Å². The first kappa shape index (κ1) is 14.4. The molecule has 0 aromatic heterocycles. The topological polar surface area (TPSA) is 44.5 Å². The van der Waals surface area contributed by atoms with Crippen LogP contribution in [0.4, 0.5) is 4.39 Å². The fourth-order valence-corrected chi connectivity index (χ4v) is 2.39. The summed E-state index contributed by atoms with van der Waals surface area (Å²) < 4.78 is 24.5. The summed E-state index contributed by atoms with van der Waals surface area (Å²) in [6.07, 6.45) is 1.79. The van der Waals surface area contributed by atoms with E-state index in [0.717, 1.165) is 31.6 Å². The van der Waals surface area contributed by atoms with Gasteiger partial charge in [-0.15, -0.1) is 0 Å². The van der Waals surface area contributed by atoms with Crippen molar-refractivity contribution in [2.45, 2.75) is 31.9 Å². The molecule has 4 heteroatoms. The summed E-state index contributed by atoms with van der Waals surface area (Å²) in [5, 5.41) is 0. The summed E-state index contributed by atoms with van der Waals surface area (Å²) in [5.74, 6) is 0.265. The van der Waals surface area contributed by atoms with E-state index in [9.17, 15) is 4.39 Å². The Labute approximate surface area is 113 Å². The fourth-order valence-electron chi connectivity index (χ4n) is 2.39. The summed E-state index contributed by atoms with van der Waals surface area (Å²) in [6, 6.07) is 6.32. The Morgan fingerprint density at radius 3 is 2.79 bits per heavy atom. The molecule has 19 heavy (non-hydrogen) atoms. The van der Waals surface area contributed by atoms with E-state index in [1.807, 2.05) is 13.0 Å². The van der Waals surface area contributed by atoms with Crippen molar-refractivity contribution >= 4 is 0 Å². The van der Waals surface area contributed by atoms with Crippen LogP contribution in [0.5, 0.6) is 0 Å². The second-order valence-corrected chi connectivity index (χ2v) is 5.22. The van der Waals surface area contributed by atoms with Crippen molar-refractivity contribution in [3.05, 3.63) is 35.6 Å². The van der Waals surface area contributed by atoms with Gasteiger partial charge in [0.1, 0.15) is 5.82 Å². The predicted octanol–water partition coefficient (Wildman–Crippen LogP) is 2.66. The zero-order valence-electron chi connectivity index (χ0n) is 11.3. The van der Waals surface area contributed by atoms with E-state index in [1.165, 1.54) is 12.1 Å². The maximum Gasteiger partial charge on any atom is 0.123 e. The molecule has 2 unspecified atom stereocenters. The van der Waals surface area contributed by atoms with Gasteiger partial charge in [0.2, 0.25) is 0 Å². The van der Waals surface area contributed by atoms with Crippen LogP contribution in [0.1, 0.15) is 31.4 Å². The molecule has 106 valence electrons. The van der Waals surface area contributed by atoms with Crippen LogP contribution in [0.3, 0.4) is 0 Å². The van der Waals surface area contributed by atoms with Crippen LogP contribution in [0, 0.1) is 11.7 Å². The SMILES string of the molecule is CC(N)C(OCC1CCOCC1)c1cccc(F)c1. The lowest BCUT2D eigenvalue weighted by Gasteiger charge is -2.27. The van der Waals surface area contributed by atoms with Gasteiger partial charge in [0.25, 0.3) is 0 Å². The van der Waals surface area contributed by atoms with Gasteiger partial charge >= 0.3 is 0 Å². The van der Waals surface area contributed by atoms with Gasteiger partial charge in [-0.05, 0) is 43.4 Å². The Bertz CT molecular complexity index is 391. The smallest absolute Gasteiger partial charge is 0.123 e. The molecular weight excluding hydrogens is 245 g/mol. The summed E-state index contributed by atoms with van der Waals surface area (Å²) in [7, 11) is 0. The number of ether oxygens (including phenoxy) is 2. The van der Waals surface area contributed by atoms with Gasteiger partial charge in [-0.2, -0.15) is 0 Å². The van der Waals surface area contributed by atoms with Crippen molar-refractivity contribution in [2.24, 2.45) is 11.7 Å². The van der Waals surface area contributed by atoms with E-state index in [-0.39, 0.29) is 18.0 Å². The monoisotopic (exact) mass is 267 g/mol. The van der Waals surface area contributed by atoms with E-state index in [4.69, 9.17) is 15.2 Å². The normalized spacial score (nSPS) is 20.2. The largest absolute Gasteiger partial charge is 0.381 e. The number of rotatable bonds is 5. The predicted molar refractivity (Wildman–Crippen MR) is 72.3 cm³/mol. The molecule has 2 N–H and O–H groups in total. The van der Waals surface area contributed by atoms with Gasteiger partial charge in [-0.1, -0.05) is 12.1 Å². The first-order valence-electron chi connectivity index (χ1n) is 6.87. The average Bonchev–Trinajstić information content (AvgIpc) is 2.40. The Kier molecular flexibility index (Phi) is 5.31. The van der Waals surface area contributed by atoms with Crippen molar-refractivity contribution < 1.29 is 13.9 Å². The number of hydrogen-bond donors (Lipinski definition) is 1. The second-order valence-electron chi connectivity index (χ2n) is 5.22. The van der Waals surface area contributed by atoms with Gasteiger partial charge in [-0.25, -0.2) is 4.39 Å². The van der Waals surface area contributed by atoms with Gasteiger partial charge < -0.3 is 15.2 Å². The van der Waals surface area contributed by atoms with Crippen molar-refractivity contribution in [1.82, 2.24) is 0 Å².